The van der Waals surface area contributed by atoms with Gasteiger partial charge in [0.1, 0.15) is 0 Å². The van der Waals surface area contributed by atoms with Crippen LogP contribution in [0.1, 0.15) is 5.56 Å². The second-order valence-electron chi connectivity index (χ2n) is 4.40. The molecule has 0 spiro atoms. The molecule has 0 saturated carbocycles. The summed E-state index contributed by atoms with van der Waals surface area (Å²) in [4.78, 5) is 0.104. The molecule has 0 fully saturated rings. The first-order valence-electron chi connectivity index (χ1n) is 6.14. The molecule has 2 aromatic rings. The topological polar surface area (TPSA) is 58.2 Å². The second kappa shape index (κ2) is 6.66. The number of anilines is 1. The summed E-state index contributed by atoms with van der Waals surface area (Å²) in [6, 6.07) is 11.1. The highest BCUT2D eigenvalue weighted by Gasteiger charge is 2.16. The number of nitrogens with one attached hydrogen (secondary N) is 2. The maximum atomic E-state index is 12.3. The molecule has 7 heteroatoms. The Labute approximate surface area is 134 Å². The number of halogens is 2. The average Bonchev–Trinajstić information content (AvgIpc) is 2.40. The SMILES string of the molecule is CNCc1ccc(S(=O)(=O)Nc2cccc(Cl)c2)cc1Cl. The highest BCUT2D eigenvalue weighted by Crippen LogP contribution is 2.23. The number of hydrogen-bond donors (Lipinski definition) is 2. The van der Waals surface area contributed by atoms with Crippen molar-refractivity contribution in [1.82, 2.24) is 5.32 Å². The van der Waals surface area contributed by atoms with Crippen molar-refractivity contribution in [2.45, 2.75) is 11.4 Å². The fourth-order valence-corrected chi connectivity index (χ4v) is 3.37. The minimum Gasteiger partial charge on any atom is -0.316 e. The van der Waals surface area contributed by atoms with Gasteiger partial charge in [0.25, 0.3) is 10.0 Å². The van der Waals surface area contributed by atoms with Gasteiger partial charge in [0, 0.05) is 16.6 Å². The van der Waals surface area contributed by atoms with Gasteiger partial charge in [0.2, 0.25) is 0 Å². The Morgan fingerprint density at radius 1 is 1.10 bits per heavy atom. The third-order valence-electron chi connectivity index (χ3n) is 2.78. The summed E-state index contributed by atoms with van der Waals surface area (Å²) in [5, 5.41) is 3.82. The first-order valence-corrected chi connectivity index (χ1v) is 8.38. The summed E-state index contributed by atoms with van der Waals surface area (Å²) in [7, 11) is -1.90. The largest absolute Gasteiger partial charge is 0.316 e. The lowest BCUT2D eigenvalue weighted by molar-refractivity contribution is 0.601. The number of benzene rings is 2. The number of hydrogen-bond acceptors (Lipinski definition) is 3. The van der Waals surface area contributed by atoms with E-state index >= 15 is 0 Å². The van der Waals surface area contributed by atoms with Gasteiger partial charge in [0.05, 0.1) is 10.6 Å². The molecule has 2 N–H and O–H groups in total. The van der Waals surface area contributed by atoms with Gasteiger partial charge < -0.3 is 5.32 Å². The van der Waals surface area contributed by atoms with Crippen molar-refractivity contribution >= 4 is 38.9 Å². The summed E-state index contributed by atoms with van der Waals surface area (Å²) < 4.78 is 27.1. The molecule has 0 aliphatic heterocycles. The molecule has 0 saturated heterocycles. The summed E-state index contributed by atoms with van der Waals surface area (Å²) >= 11 is 11.9. The summed E-state index contributed by atoms with van der Waals surface area (Å²) in [6.45, 7) is 0.570. The molecule has 0 radical (unpaired) electrons. The van der Waals surface area contributed by atoms with Crippen molar-refractivity contribution in [2.75, 3.05) is 11.8 Å². The summed E-state index contributed by atoms with van der Waals surface area (Å²) in [5.74, 6) is 0. The number of rotatable bonds is 5. The van der Waals surface area contributed by atoms with E-state index in [1.54, 1.807) is 31.3 Å². The second-order valence-corrected chi connectivity index (χ2v) is 6.93. The van der Waals surface area contributed by atoms with E-state index in [1.807, 2.05) is 0 Å². The van der Waals surface area contributed by atoms with Crippen LogP contribution in [0, 0.1) is 0 Å². The van der Waals surface area contributed by atoms with Crippen molar-refractivity contribution in [1.29, 1.82) is 0 Å². The fraction of sp³-hybridized carbons (Fsp3) is 0.143. The van der Waals surface area contributed by atoms with Crippen LogP contribution < -0.4 is 10.0 Å². The Bertz CT molecular complexity index is 748. The molecule has 4 nitrogen and oxygen atoms in total. The predicted octanol–water partition coefficient (Wildman–Crippen LogP) is 3.51. The molecule has 0 unspecified atom stereocenters. The predicted molar refractivity (Wildman–Crippen MR) is 86.5 cm³/mol. The maximum absolute atomic E-state index is 12.3. The van der Waals surface area contributed by atoms with Crippen molar-refractivity contribution in [3.8, 4) is 0 Å². The van der Waals surface area contributed by atoms with Gasteiger partial charge in [-0.2, -0.15) is 0 Å². The van der Waals surface area contributed by atoms with Crippen molar-refractivity contribution in [3.05, 3.63) is 58.1 Å². The standard InChI is InChI=1S/C14H14Cl2N2O2S/c1-17-9-10-5-6-13(8-14(10)16)21(19,20)18-12-4-2-3-11(15)7-12/h2-8,17-18H,9H2,1H3. The molecule has 2 rings (SSSR count). The van der Waals surface area contributed by atoms with Gasteiger partial charge in [-0.05, 0) is 42.9 Å². The highest BCUT2D eigenvalue weighted by molar-refractivity contribution is 7.92. The van der Waals surface area contributed by atoms with Crippen molar-refractivity contribution in [2.24, 2.45) is 0 Å². The minimum atomic E-state index is -3.70. The van der Waals surface area contributed by atoms with Crippen LogP contribution in [0.5, 0.6) is 0 Å². The van der Waals surface area contributed by atoms with Crippen molar-refractivity contribution in [3.63, 3.8) is 0 Å². The van der Waals surface area contributed by atoms with Crippen LogP contribution in [0.3, 0.4) is 0 Å². The van der Waals surface area contributed by atoms with E-state index in [0.29, 0.717) is 22.3 Å². The van der Waals surface area contributed by atoms with E-state index in [9.17, 15) is 8.42 Å². The molecule has 0 aromatic heterocycles. The van der Waals surface area contributed by atoms with Gasteiger partial charge >= 0.3 is 0 Å². The van der Waals surface area contributed by atoms with Crippen LogP contribution in [-0.2, 0) is 16.6 Å². The smallest absolute Gasteiger partial charge is 0.261 e. The fourth-order valence-electron chi connectivity index (χ4n) is 1.80. The normalized spacial score (nSPS) is 11.4. The molecular weight excluding hydrogens is 331 g/mol. The van der Waals surface area contributed by atoms with E-state index in [4.69, 9.17) is 23.2 Å². The lowest BCUT2D eigenvalue weighted by atomic mass is 10.2. The zero-order chi connectivity index (χ0) is 15.5. The van der Waals surface area contributed by atoms with Gasteiger partial charge in [-0.15, -0.1) is 0 Å². The van der Waals surface area contributed by atoms with E-state index in [0.717, 1.165) is 5.56 Å². The highest BCUT2D eigenvalue weighted by atomic mass is 35.5. The first kappa shape index (κ1) is 16.1. The summed E-state index contributed by atoms with van der Waals surface area (Å²) in [6.07, 6.45) is 0. The van der Waals surface area contributed by atoms with Crippen molar-refractivity contribution < 1.29 is 8.42 Å². The quantitative estimate of drug-likeness (QED) is 0.872. The maximum Gasteiger partial charge on any atom is 0.261 e. The van der Waals surface area contributed by atoms with Crippen LogP contribution in [-0.4, -0.2) is 15.5 Å². The molecule has 112 valence electrons. The van der Waals surface area contributed by atoms with Gasteiger partial charge in [-0.3, -0.25) is 4.72 Å². The van der Waals surface area contributed by atoms with Gasteiger partial charge in [-0.1, -0.05) is 35.3 Å². The molecule has 0 aliphatic rings. The zero-order valence-corrected chi connectivity index (χ0v) is 13.6. The third-order valence-corrected chi connectivity index (χ3v) is 4.74. The lowest BCUT2D eigenvalue weighted by Gasteiger charge is -2.10. The molecular formula is C14H14Cl2N2O2S. The Kier molecular flexibility index (Phi) is 5.11. The van der Waals surface area contributed by atoms with E-state index in [1.165, 1.54) is 18.2 Å². The Morgan fingerprint density at radius 3 is 2.48 bits per heavy atom. The molecule has 0 amide bonds. The van der Waals surface area contributed by atoms with Crippen LogP contribution >= 0.6 is 23.2 Å². The lowest BCUT2D eigenvalue weighted by Crippen LogP contribution is -2.13. The molecule has 2 aromatic carbocycles. The van der Waals surface area contributed by atoms with E-state index in [2.05, 4.69) is 10.0 Å². The molecule has 0 heterocycles. The minimum absolute atomic E-state index is 0.104. The van der Waals surface area contributed by atoms with Crippen LogP contribution in [0.2, 0.25) is 10.0 Å². The average molecular weight is 345 g/mol. The molecule has 0 bridgehead atoms. The van der Waals surface area contributed by atoms with E-state index < -0.39 is 10.0 Å². The van der Waals surface area contributed by atoms with Crippen LogP contribution in [0.25, 0.3) is 0 Å². The first-order chi connectivity index (χ1) is 9.92. The Morgan fingerprint density at radius 2 is 1.86 bits per heavy atom. The Hall–Kier alpha value is -1.27. The van der Waals surface area contributed by atoms with Crippen LogP contribution in [0.15, 0.2) is 47.4 Å². The third kappa shape index (κ3) is 4.11. The van der Waals surface area contributed by atoms with Gasteiger partial charge in [-0.25, -0.2) is 8.42 Å². The van der Waals surface area contributed by atoms with Crippen LogP contribution in [0.4, 0.5) is 5.69 Å². The Balaban J connectivity index is 2.29. The van der Waals surface area contributed by atoms with Gasteiger partial charge in [0.15, 0.2) is 0 Å². The molecule has 0 aliphatic carbocycles. The molecule has 0 atom stereocenters. The molecule has 21 heavy (non-hydrogen) atoms. The summed E-state index contributed by atoms with van der Waals surface area (Å²) in [5.41, 5.74) is 1.23. The monoisotopic (exact) mass is 344 g/mol. The zero-order valence-electron chi connectivity index (χ0n) is 11.2. The number of sulfonamides is 1. The van der Waals surface area contributed by atoms with E-state index in [-0.39, 0.29) is 4.90 Å².